The molecule has 6 heteroatoms. The zero-order valence-corrected chi connectivity index (χ0v) is 17.6. The molecular weight excluding hydrogens is 392 g/mol. The van der Waals surface area contributed by atoms with E-state index in [0.29, 0.717) is 5.11 Å². The Morgan fingerprint density at radius 2 is 1.63 bits per heavy atom. The molecule has 0 radical (unpaired) electrons. The molecule has 150 valence electrons. The topological polar surface area (TPSA) is 56.7 Å². The lowest BCUT2D eigenvalue weighted by atomic mass is 10.0. The van der Waals surface area contributed by atoms with Crippen molar-refractivity contribution in [2.24, 2.45) is 4.99 Å². The van der Waals surface area contributed by atoms with E-state index in [2.05, 4.69) is 10.6 Å². The molecule has 0 saturated heterocycles. The Kier molecular flexibility index (Phi) is 5.59. The van der Waals surface area contributed by atoms with Crippen LogP contribution in [0.1, 0.15) is 16.7 Å². The van der Waals surface area contributed by atoms with Crippen LogP contribution in [-0.2, 0) is 4.79 Å². The number of thiocarbonyl (C=S) groups is 1. The van der Waals surface area contributed by atoms with Crippen molar-refractivity contribution >= 4 is 40.3 Å². The highest BCUT2D eigenvalue weighted by atomic mass is 32.1. The number of anilines is 2. The Labute approximate surface area is 181 Å². The summed E-state index contributed by atoms with van der Waals surface area (Å²) < 4.78 is 0. The lowest BCUT2D eigenvalue weighted by molar-refractivity contribution is -0.119. The Balaban J connectivity index is 1.70. The number of nitrogens with one attached hydrogen (secondary N) is 2. The lowest BCUT2D eigenvalue weighted by Crippen LogP contribution is -2.47. The van der Waals surface area contributed by atoms with E-state index in [-0.39, 0.29) is 5.91 Å². The number of likely N-dealkylation sites (N-methyl/N-ethyl adjacent to an activating group) is 1. The van der Waals surface area contributed by atoms with Crippen molar-refractivity contribution in [1.29, 1.82) is 0 Å². The molecule has 0 saturated carbocycles. The number of fused-ring (bicyclic) bond motifs is 1. The molecule has 3 aromatic carbocycles. The fraction of sp³-hybridized carbons (Fsp3) is 0.125. The van der Waals surface area contributed by atoms with Gasteiger partial charge in [0.15, 0.2) is 5.11 Å². The van der Waals surface area contributed by atoms with Crippen molar-refractivity contribution in [2.45, 2.75) is 13.1 Å². The van der Waals surface area contributed by atoms with E-state index in [1.165, 1.54) is 0 Å². The van der Waals surface area contributed by atoms with Gasteiger partial charge in [-0.2, -0.15) is 0 Å². The average Bonchev–Trinajstić information content (AvgIpc) is 2.87. The summed E-state index contributed by atoms with van der Waals surface area (Å²) in [5.74, 6) is -0.178. The molecular formula is C24H22N4OS. The van der Waals surface area contributed by atoms with Gasteiger partial charge in [0.2, 0.25) is 6.17 Å². The fourth-order valence-electron chi connectivity index (χ4n) is 3.44. The molecule has 0 spiro atoms. The van der Waals surface area contributed by atoms with Crippen LogP contribution < -0.4 is 15.5 Å². The van der Waals surface area contributed by atoms with Gasteiger partial charge in [-0.25, -0.2) is 4.99 Å². The van der Waals surface area contributed by atoms with Crippen LogP contribution >= 0.6 is 12.2 Å². The van der Waals surface area contributed by atoms with Crippen LogP contribution in [0.4, 0.5) is 11.4 Å². The number of benzodiazepines with no additional fused rings is 1. The molecule has 0 aliphatic carbocycles. The van der Waals surface area contributed by atoms with Crippen LogP contribution in [0.3, 0.4) is 0 Å². The molecule has 1 unspecified atom stereocenters. The van der Waals surface area contributed by atoms with E-state index in [1.807, 2.05) is 85.8 Å². The molecule has 0 bridgehead atoms. The van der Waals surface area contributed by atoms with Crippen LogP contribution in [0.15, 0.2) is 83.9 Å². The number of hydrogen-bond acceptors (Lipinski definition) is 3. The zero-order chi connectivity index (χ0) is 21.1. The first kappa shape index (κ1) is 19.8. The number of para-hydroxylation sites is 2. The van der Waals surface area contributed by atoms with Gasteiger partial charge < -0.3 is 15.5 Å². The third-order valence-corrected chi connectivity index (χ3v) is 5.27. The van der Waals surface area contributed by atoms with Crippen LogP contribution in [0.5, 0.6) is 0 Å². The van der Waals surface area contributed by atoms with Gasteiger partial charge in [-0.05, 0) is 36.8 Å². The monoisotopic (exact) mass is 414 g/mol. The minimum atomic E-state index is -0.846. The summed E-state index contributed by atoms with van der Waals surface area (Å²) in [5, 5.41) is 6.61. The number of benzene rings is 3. The van der Waals surface area contributed by atoms with E-state index >= 15 is 0 Å². The van der Waals surface area contributed by atoms with Crippen molar-refractivity contribution in [2.75, 3.05) is 17.3 Å². The van der Waals surface area contributed by atoms with Crippen molar-refractivity contribution in [3.63, 3.8) is 0 Å². The first-order valence-corrected chi connectivity index (χ1v) is 10.1. The molecule has 2 N–H and O–H groups in total. The second kappa shape index (κ2) is 8.47. The standard InChI is InChI=1S/C24H22N4OS/c1-16-10-6-8-14-19(16)25-24(30)27-22-23(29)28(2)20-15-9-7-13-18(20)21(26-22)17-11-4-3-5-12-17/h3-15,22H,1-2H3,(H2,25,27,30). The molecule has 1 atom stereocenters. The number of hydrogen-bond donors (Lipinski definition) is 2. The normalized spacial score (nSPS) is 15.7. The SMILES string of the molecule is Cc1ccccc1NC(=S)NC1N=C(c2ccccc2)c2ccccc2N(C)C1=O. The maximum Gasteiger partial charge on any atom is 0.272 e. The third-order valence-electron chi connectivity index (χ3n) is 5.05. The molecule has 0 fully saturated rings. The van der Waals surface area contributed by atoms with Gasteiger partial charge in [0.25, 0.3) is 5.91 Å². The molecule has 0 aromatic heterocycles. The molecule has 5 nitrogen and oxygen atoms in total. The van der Waals surface area contributed by atoms with Crippen molar-refractivity contribution in [3.05, 3.63) is 95.6 Å². The van der Waals surface area contributed by atoms with Crippen molar-refractivity contribution in [3.8, 4) is 0 Å². The Morgan fingerprint density at radius 1 is 0.967 bits per heavy atom. The third kappa shape index (κ3) is 3.95. The summed E-state index contributed by atoms with van der Waals surface area (Å²) in [7, 11) is 1.76. The number of carbonyl (C=O) groups excluding carboxylic acids is 1. The van der Waals surface area contributed by atoms with Gasteiger partial charge in [-0.3, -0.25) is 4.79 Å². The first-order valence-electron chi connectivity index (χ1n) is 9.68. The van der Waals surface area contributed by atoms with Crippen molar-refractivity contribution < 1.29 is 4.79 Å². The summed E-state index contributed by atoms with van der Waals surface area (Å²) in [5.41, 5.74) is 5.36. The number of rotatable bonds is 3. The number of nitrogens with zero attached hydrogens (tertiary/aromatic N) is 2. The van der Waals surface area contributed by atoms with Gasteiger partial charge >= 0.3 is 0 Å². The van der Waals surface area contributed by atoms with E-state index in [9.17, 15) is 4.79 Å². The Bertz CT molecular complexity index is 1130. The summed E-state index contributed by atoms with van der Waals surface area (Å²) >= 11 is 5.49. The smallest absolute Gasteiger partial charge is 0.272 e. The molecule has 1 aliphatic rings. The summed E-state index contributed by atoms with van der Waals surface area (Å²) in [4.78, 5) is 19.6. The zero-order valence-electron chi connectivity index (χ0n) is 16.8. The second-order valence-corrected chi connectivity index (χ2v) is 7.48. The minimum Gasteiger partial charge on any atom is -0.333 e. The van der Waals surface area contributed by atoms with E-state index < -0.39 is 6.17 Å². The highest BCUT2D eigenvalue weighted by Gasteiger charge is 2.30. The van der Waals surface area contributed by atoms with Crippen molar-refractivity contribution in [1.82, 2.24) is 5.32 Å². The lowest BCUT2D eigenvalue weighted by Gasteiger charge is -2.22. The second-order valence-electron chi connectivity index (χ2n) is 7.07. The van der Waals surface area contributed by atoms with Gasteiger partial charge in [0, 0.05) is 23.9 Å². The molecule has 1 heterocycles. The van der Waals surface area contributed by atoms with Gasteiger partial charge in [-0.1, -0.05) is 66.7 Å². The molecule has 4 rings (SSSR count). The maximum atomic E-state index is 13.2. The summed E-state index contributed by atoms with van der Waals surface area (Å²) in [6, 6.07) is 25.5. The van der Waals surface area contributed by atoms with E-state index in [1.54, 1.807) is 11.9 Å². The molecule has 30 heavy (non-hydrogen) atoms. The van der Waals surface area contributed by atoms with Gasteiger partial charge in [0.05, 0.1) is 11.4 Å². The van der Waals surface area contributed by atoms with Crippen LogP contribution in [0, 0.1) is 6.92 Å². The van der Waals surface area contributed by atoms with Gasteiger partial charge in [-0.15, -0.1) is 0 Å². The van der Waals surface area contributed by atoms with Crippen LogP contribution in [-0.4, -0.2) is 29.9 Å². The highest BCUT2D eigenvalue weighted by Crippen LogP contribution is 2.27. The number of aryl methyl sites for hydroxylation is 1. The average molecular weight is 415 g/mol. The summed E-state index contributed by atoms with van der Waals surface area (Å²) in [6.07, 6.45) is -0.846. The first-order chi connectivity index (χ1) is 14.5. The Morgan fingerprint density at radius 3 is 2.40 bits per heavy atom. The Hall–Kier alpha value is -3.51. The fourth-order valence-corrected chi connectivity index (χ4v) is 3.66. The highest BCUT2D eigenvalue weighted by molar-refractivity contribution is 7.80. The number of aliphatic imine (C=N–C) groups is 1. The predicted molar refractivity (Wildman–Crippen MR) is 126 cm³/mol. The van der Waals surface area contributed by atoms with E-state index in [4.69, 9.17) is 17.2 Å². The van der Waals surface area contributed by atoms with Crippen LogP contribution in [0.2, 0.25) is 0 Å². The van der Waals surface area contributed by atoms with E-state index in [0.717, 1.165) is 33.8 Å². The predicted octanol–water partition coefficient (Wildman–Crippen LogP) is 4.12. The number of carbonyl (C=O) groups is 1. The van der Waals surface area contributed by atoms with Gasteiger partial charge in [0.1, 0.15) is 0 Å². The molecule has 1 amide bonds. The molecule has 1 aliphatic heterocycles. The van der Waals surface area contributed by atoms with Crippen LogP contribution in [0.25, 0.3) is 0 Å². The maximum absolute atomic E-state index is 13.2. The quantitative estimate of drug-likeness (QED) is 0.633. The largest absolute Gasteiger partial charge is 0.333 e. The number of amides is 1. The summed E-state index contributed by atoms with van der Waals surface area (Å²) in [6.45, 7) is 2.00. The molecule has 3 aromatic rings. The minimum absolute atomic E-state index is 0.178.